The molecule has 0 aromatic heterocycles. The van der Waals surface area contributed by atoms with Crippen molar-refractivity contribution < 1.29 is 9.59 Å². The number of nitrogens with one attached hydrogen (secondary N) is 1. The lowest BCUT2D eigenvalue weighted by Crippen LogP contribution is -2.41. The van der Waals surface area contributed by atoms with E-state index in [0.29, 0.717) is 6.54 Å². The summed E-state index contributed by atoms with van der Waals surface area (Å²) in [6, 6.07) is 18.9. The molecule has 0 aliphatic carbocycles. The van der Waals surface area contributed by atoms with Gasteiger partial charge < -0.3 is 10.2 Å². The molecule has 1 atom stereocenters. The molecule has 1 N–H and O–H groups in total. The number of hydrogen-bond donors (Lipinski definition) is 1. The summed E-state index contributed by atoms with van der Waals surface area (Å²) in [6.07, 6.45) is 0. The molecule has 1 unspecified atom stereocenters. The Balaban J connectivity index is 1.93. The minimum atomic E-state index is -0.588. The first kappa shape index (κ1) is 15.8. The highest BCUT2D eigenvalue weighted by Gasteiger charge is 2.20. The molecule has 0 spiro atoms. The van der Waals surface area contributed by atoms with Crippen molar-refractivity contribution in [2.75, 3.05) is 7.05 Å². The van der Waals surface area contributed by atoms with Crippen LogP contribution in [0.15, 0.2) is 60.7 Å². The maximum absolute atomic E-state index is 12.1. The molecule has 22 heavy (non-hydrogen) atoms. The molecular formula is C18H20N2O2. The molecule has 0 heterocycles. The molecule has 4 nitrogen and oxygen atoms in total. The molecule has 0 aliphatic heterocycles. The van der Waals surface area contributed by atoms with Crippen LogP contribution >= 0.6 is 0 Å². The third kappa shape index (κ3) is 4.19. The van der Waals surface area contributed by atoms with Crippen LogP contribution in [0.3, 0.4) is 0 Å². The van der Waals surface area contributed by atoms with E-state index >= 15 is 0 Å². The zero-order valence-electron chi connectivity index (χ0n) is 12.8. The summed E-state index contributed by atoms with van der Waals surface area (Å²) in [6.45, 7) is 2.27. The molecule has 4 heteroatoms. The third-order valence-electron chi connectivity index (χ3n) is 3.45. The van der Waals surface area contributed by atoms with Gasteiger partial charge in [-0.05, 0) is 18.1 Å². The molecule has 2 aromatic rings. The van der Waals surface area contributed by atoms with E-state index in [-0.39, 0.29) is 6.04 Å². The van der Waals surface area contributed by atoms with E-state index in [2.05, 4.69) is 5.32 Å². The highest BCUT2D eigenvalue weighted by Crippen LogP contribution is 2.11. The molecule has 0 saturated carbocycles. The van der Waals surface area contributed by atoms with Gasteiger partial charge in [0, 0.05) is 13.6 Å². The lowest BCUT2D eigenvalue weighted by Gasteiger charge is -2.19. The number of carbonyl (C=O) groups excluding carboxylic acids is 2. The number of hydrogen-bond acceptors (Lipinski definition) is 2. The monoisotopic (exact) mass is 296 g/mol. The number of nitrogens with zero attached hydrogens (tertiary/aromatic N) is 1. The van der Waals surface area contributed by atoms with Crippen LogP contribution in [0.2, 0.25) is 0 Å². The number of amides is 2. The van der Waals surface area contributed by atoms with Crippen LogP contribution in [0, 0.1) is 0 Å². The summed E-state index contributed by atoms with van der Waals surface area (Å²) in [5.41, 5.74) is 1.96. The molecule has 0 radical (unpaired) electrons. The Labute approximate surface area is 130 Å². The first-order chi connectivity index (χ1) is 10.6. The topological polar surface area (TPSA) is 49.4 Å². The molecule has 0 fully saturated rings. The summed E-state index contributed by atoms with van der Waals surface area (Å²) in [4.78, 5) is 25.6. The van der Waals surface area contributed by atoms with Gasteiger partial charge in [0.15, 0.2) is 0 Å². The number of likely N-dealkylation sites (N-methyl/N-ethyl adjacent to an activating group) is 1. The van der Waals surface area contributed by atoms with E-state index in [4.69, 9.17) is 0 Å². The van der Waals surface area contributed by atoms with Crippen LogP contribution in [-0.2, 0) is 16.1 Å². The van der Waals surface area contributed by atoms with Gasteiger partial charge in [0.25, 0.3) is 0 Å². The highest BCUT2D eigenvalue weighted by molar-refractivity contribution is 6.34. The first-order valence-electron chi connectivity index (χ1n) is 7.22. The normalized spacial score (nSPS) is 11.5. The van der Waals surface area contributed by atoms with Crippen LogP contribution in [0.25, 0.3) is 0 Å². The van der Waals surface area contributed by atoms with Crippen molar-refractivity contribution >= 4 is 11.8 Å². The average Bonchev–Trinajstić information content (AvgIpc) is 2.55. The van der Waals surface area contributed by atoms with Crippen LogP contribution in [0.5, 0.6) is 0 Å². The zero-order valence-corrected chi connectivity index (χ0v) is 12.8. The van der Waals surface area contributed by atoms with E-state index in [1.807, 2.05) is 67.6 Å². The van der Waals surface area contributed by atoms with Gasteiger partial charge in [-0.2, -0.15) is 0 Å². The molecular weight excluding hydrogens is 276 g/mol. The van der Waals surface area contributed by atoms with Gasteiger partial charge in [-0.3, -0.25) is 9.59 Å². The van der Waals surface area contributed by atoms with Crippen molar-refractivity contribution in [3.8, 4) is 0 Å². The second-order valence-corrected chi connectivity index (χ2v) is 5.25. The Morgan fingerprint density at radius 2 is 1.55 bits per heavy atom. The molecule has 0 saturated heterocycles. The predicted octanol–water partition coefficient (Wildman–Crippen LogP) is 2.52. The number of rotatable bonds is 4. The van der Waals surface area contributed by atoms with Crippen molar-refractivity contribution in [2.45, 2.75) is 19.5 Å². The van der Waals surface area contributed by atoms with Gasteiger partial charge in [-0.1, -0.05) is 60.7 Å². The SMILES string of the molecule is CC(NC(=O)C(=O)N(C)Cc1ccccc1)c1ccccc1. The Morgan fingerprint density at radius 3 is 2.14 bits per heavy atom. The number of carbonyl (C=O) groups is 2. The van der Waals surface area contributed by atoms with Gasteiger partial charge in [-0.25, -0.2) is 0 Å². The second kappa shape index (κ2) is 7.41. The fourth-order valence-electron chi connectivity index (χ4n) is 2.19. The van der Waals surface area contributed by atoms with Gasteiger partial charge in [-0.15, -0.1) is 0 Å². The van der Waals surface area contributed by atoms with E-state index < -0.39 is 11.8 Å². The van der Waals surface area contributed by atoms with Gasteiger partial charge >= 0.3 is 11.8 Å². The molecule has 2 aromatic carbocycles. The smallest absolute Gasteiger partial charge is 0.311 e. The molecule has 0 bridgehead atoms. The fourth-order valence-corrected chi connectivity index (χ4v) is 2.19. The van der Waals surface area contributed by atoms with Crippen LogP contribution in [-0.4, -0.2) is 23.8 Å². The minimum Gasteiger partial charge on any atom is -0.341 e. The molecule has 2 amide bonds. The molecule has 114 valence electrons. The van der Waals surface area contributed by atoms with Crippen LogP contribution in [0.1, 0.15) is 24.1 Å². The summed E-state index contributed by atoms with van der Waals surface area (Å²) in [5, 5.41) is 2.73. The quantitative estimate of drug-likeness (QED) is 0.881. The summed E-state index contributed by atoms with van der Waals surface area (Å²) >= 11 is 0. The third-order valence-corrected chi connectivity index (χ3v) is 3.45. The highest BCUT2D eigenvalue weighted by atomic mass is 16.2. The minimum absolute atomic E-state index is 0.206. The van der Waals surface area contributed by atoms with Crippen LogP contribution in [0.4, 0.5) is 0 Å². The first-order valence-corrected chi connectivity index (χ1v) is 7.22. The number of benzene rings is 2. The molecule has 0 aliphatic rings. The predicted molar refractivity (Wildman–Crippen MR) is 85.9 cm³/mol. The maximum atomic E-state index is 12.1. The standard InChI is InChI=1S/C18H20N2O2/c1-14(16-11-7-4-8-12-16)19-17(21)18(22)20(2)13-15-9-5-3-6-10-15/h3-12,14H,13H2,1-2H3,(H,19,21). The Hall–Kier alpha value is -2.62. The summed E-state index contributed by atoms with van der Waals surface area (Å²) in [5.74, 6) is -1.12. The summed E-state index contributed by atoms with van der Waals surface area (Å²) < 4.78 is 0. The van der Waals surface area contributed by atoms with Crippen molar-refractivity contribution in [3.63, 3.8) is 0 Å². The van der Waals surface area contributed by atoms with E-state index in [0.717, 1.165) is 11.1 Å². The maximum Gasteiger partial charge on any atom is 0.311 e. The zero-order chi connectivity index (χ0) is 15.9. The largest absolute Gasteiger partial charge is 0.341 e. The lowest BCUT2D eigenvalue weighted by atomic mass is 10.1. The van der Waals surface area contributed by atoms with Crippen molar-refractivity contribution in [2.24, 2.45) is 0 Å². The Bertz CT molecular complexity index is 626. The summed E-state index contributed by atoms with van der Waals surface area (Å²) in [7, 11) is 1.63. The Morgan fingerprint density at radius 1 is 1.00 bits per heavy atom. The average molecular weight is 296 g/mol. The second-order valence-electron chi connectivity index (χ2n) is 5.25. The van der Waals surface area contributed by atoms with E-state index in [9.17, 15) is 9.59 Å². The fraction of sp³-hybridized carbons (Fsp3) is 0.222. The van der Waals surface area contributed by atoms with Gasteiger partial charge in [0.1, 0.15) is 0 Å². The Kier molecular flexibility index (Phi) is 5.31. The van der Waals surface area contributed by atoms with Crippen molar-refractivity contribution in [3.05, 3.63) is 71.8 Å². The van der Waals surface area contributed by atoms with Crippen LogP contribution < -0.4 is 5.32 Å². The lowest BCUT2D eigenvalue weighted by molar-refractivity contribution is -0.145. The molecule has 2 rings (SSSR count). The van der Waals surface area contributed by atoms with Crippen molar-refractivity contribution in [1.29, 1.82) is 0 Å². The van der Waals surface area contributed by atoms with Gasteiger partial charge in [0.05, 0.1) is 6.04 Å². The van der Waals surface area contributed by atoms with E-state index in [1.54, 1.807) is 7.05 Å². The van der Waals surface area contributed by atoms with E-state index in [1.165, 1.54) is 4.90 Å². The van der Waals surface area contributed by atoms with Gasteiger partial charge in [0.2, 0.25) is 0 Å². The van der Waals surface area contributed by atoms with Crippen molar-refractivity contribution in [1.82, 2.24) is 10.2 Å².